The molecule has 0 heterocycles. The van der Waals surface area contributed by atoms with Crippen molar-refractivity contribution in [1.29, 1.82) is 0 Å². The molecule has 0 saturated carbocycles. The summed E-state index contributed by atoms with van der Waals surface area (Å²) in [6, 6.07) is 3.60. The maximum absolute atomic E-state index is 13.1. The van der Waals surface area contributed by atoms with Crippen LogP contribution in [0.15, 0.2) is 22.7 Å². The Hall–Kier alpha value is -0.370. The first-order valence-electron chi connectivity index (χ1n) is 4.53. The van der Waals surface area contributed by atoms with Crippen LogP contribution in [-0.2, 0) is 0 Å². The Morgan fingerprint density at radius 2 is 1.72 bits per heavy atom. The minimum Gasteiger partial charge on any atom is -0.496 e. The molecule has 0 amide bonds. The van der Waals surface area contributed by atoms with Gasteiger partial charge in [0, 0.05) is 0 Å². The minimum atomic E-state index is -5.62. The Morgan fingerprint density at radius 3 is 2.11 bits per heavy atom. The van der Waals surface area contributed by atoms with Gasteiger partial charge in [-0.1, -0.05) is 22.0 Å². The molecule has 0 aliphatic carbocycles. The molecule has 0 fully saturated rings. The van der Waals surface area contributed by atoms with Crippen LogP contribution in [0.1, 0.15) is 10.4 Å². The Balaban J connectivity index is 3.12. The fourth-order valence-electron chi connectivity index (χ4n) is 1.19. The van der Waals surface area contributed by atoms with E-state index in [-0.39, 0.29) is 5.56 Å². The monoisotopic (exact) mass is 396 g/mol. The molecule has 0 aliphatic rings. The molecule has 1 unspecified atom stereocenters. The molecular formula is C10H7Br2F5O. The number of hydrogen-bond donors (Lipinski definition) is 0. The molecule has 0 aliphatic heterocycles. The van der Waals surface area contributed by atoms with Gasteiger partial charge in [0.25, 0.3) is 0 Å². The highest BCUT2D eigenvalue weighted by atomic mass is 79.9. The van der Waals surface area contributed by atoms with Crippen LogP contribution in [0.25, 0.3) is 0 Å². The molecule has 1 aromatic rings. The van der Waals surface area contributed by atoms with E-state index in [0.29, 0.717) is 10.2 Å². The van der Waals surface area contributed by atoms with Crippen molar-refractivity contribution in [2.45, 2.75) is 16.9 Å². The van der Waals surface area contributed by atoms with E-state index in [0.717, 1.165) is 12.1 Å². The van der Waals surface area contributed by atoms with E-state index in [1.807, 2.05) is 0 Å². The highest BCUT2D eigenvalue weighted by molar-refractivity contribution is 9.10. The average molecular weight is 398 g/mol. The maximum atomic E-state index is 13.1. The van der Waals surface area contributed by atoms with Gasteiger partial charge in [-0.3, -0.25) is 0 Å². The van der Waals surface area contributed by atoms with Gasteiger partial charge in [0.05, 0.1) is 11.6 Å². The van der Waals surface area contributed by atoms with Gasteiger partial charge in [0.1, 0.15) is 10.6 Å². The molecule has 1 aromatic carbocycles. The third kappa shape index (κ3) is 2.96. The van der Waals surface area contributed by atoms with E-state index in [1.54, 1.807) is 0 Å². The zero-order valence-electron chi connectivity index (χ0n) is 8.86. The molecule has 1 rings (SSSR count). The molecule has 8 heteroatoms. The second kappa shape index (κ2) is 5.32. The van der Waals surface area contributed by atoms with Gasteiger partial charge >= 0.3 is 12.1 Å². The van der Waals surface area contributed by atoms with Gasteiger partial charge in [0.15, 0.2) is 0 Å². The van der Waals surface area contributed by atoms with Crippen LogP contribution in [0.4, 0.5) is 22.0 Å². The lowest BCUT2D eigenvalue weighted by atomic mass is 10.1. The second-order valence-electron chi connectivity index (χ2n) is 3.38. The molecule has 1 atom stereocenters. The first-order valence-corrected chi connectivity index (χ1v) is 6.24. The summed E-state index contributed by atoms with van der Waals surface area (Å²) in [5.74, 6) is -4.52. The predicted molar refractivity (Wildman–Crippen MR) is 63.4 cm³/mol. The fraction of sp³-hybridized carbons (Fsp3) is 0.400. The Kier molecular flexibility index (Phi) is 4.64. The Bertz CT molecular complexity index is 433. The number of benzene rings is 1. The molecule has 0 radical (unpaired) electrons. The third-order valence-electron chi connectivity index (χ3n) is 2.16. The van der Waals surface area contributed by atoms with Crippen LogP contribution < -0.4 is 4.74 Å². The lowest BCUT2D eigenvalue weighted by molar-refractivity contribution is -0.281. The number of halogens is 7. The average Bonchev–Trinajstić information content (AvgIpc) is 2.26. The fourth-order valence-corrected chi connectivity index (χ4v) is 2.30. The molecule has 0 spiro atoms. The predicted octanol–water partition coefficient (Wildman–Crippen LogP) is 5.09. The van der Waals surface area contributed by atoms with Crippen molar-refractivity contribution in [1.82, 2.24) is 0 Å². The van der Waals surface area contributed by atoms with Crippen molar-refractivity contribution in [3.63, 3.8) is 0 Å². The van der Waals surface area contributed by atoms with Crippen molar-refractivity contribution in [3.05, 3.63) is 28.2 Å². The van der Waals surface area contributed by atoms with Crippen LogP contribution in [0.3, 0.4) is 0 Å². The molecule has 0 aromatic heterocycles. The van der Waals surface area contributed by atoms with Crippen LogP contribution >= 0.6 is 31.9 Å². The number of ether oxygens (including phenoxy) is 1. The number of rotatable bonds is 3. The lowest BCUT2D eigenvalue weighted by Crippen LogP contribution is -2.39. The van der Waals surface area contributed by atoms with E-state index in [2.05, 4.69) is 31.9 Å². The van der Waals surface area contributed by atoms with Gasteiger partial charge in [0.2, 0.25) is 0 Å². The molecule has 0 bridgehead atoms. The topological polar surface area (TPSA) is 9.23 Å². The molecular weight excluding hydrogens is 391 g/mol. The number of alkyl halides is 6. The largest absolute Gasteiger partial charge is 0.496 e. The van der Waals surface area contributed by atoms with E-state index >= 15 is 0 Å². The van der Waals surface area contributed by atoms with Crippen LogP contribution in [0.5, 0.6) is 5.75 Å². The van der Waals surface area contributed by atoms with E-state index < -0.39 is 16.9 Å². The standard InChI is InChI=1S/C10H7Br2F5O/c1-18-7-3-2-5(4-6(7)11)8(12)9(13,14)10(15,16)17/h2-4,8H,1H3. The van der Waals surface area contributed by atoms with Crippen molar-refractivity contribution in [3.8, 4) is 5.75 Å². The Morgan fingerprint density at radius 1 is 1.17 bits per heavy atom. The third-order valence-corrected chi connectivity index (χ3v) is 3.89. The van der Waals surface area contributed by atoms with Gasteiger partial charge in [-0.05, 0) is 33.6 Å². The summed E-state index contributed by atoms with van der Waals surface area (Å²) in [4.78, 5) is -2.16. The molecule has 1 nitrogen and oxygen atoms in total. The number of hydrogen-bond acceptors (Lipinski definition) is 1. The minimum absolute atomic E-state index is 0.204. The molecule has 0 N–H and O–H groups in total. The van der Waals surface area contributed by atoms with E-state index in [9.17, 15) is 22.0 Å². The van der Waals surface area contributed by atoms with Crippen molar-refractivity contribution >= 4 is 31.9 Å². The van der Waals surface area contributed by atoms with Gasteiger partial charge < -0.3 is 4.74 Å². The highest BCUT2D eigenvalue weighted by Crippen LogP contribution is 2.49. The second-order valence-corrected chi connectivity index (χ2v) is 5.15. The maximum Gasteiger partial charge on any atom is 0.454 e. The summed E-state index contributed by atoms with van der Waals surface area (Å²) in [6.07, 6.45) is -5.62. The molecule has 18 heavy (non-hydrogen) atoms. The van der Waals surface area contributed by atoms with Crippen molar-refractivity contribution in [2.24, 2.45) is 0 Å². The Labute approximate surface area is 117 Å². The first kappa shape index (κ1) is 15.7. The zero-order valence-corrected chi connectivity index (χ0v) is 12.0. The van der Waals surface area contributed by atoms with E-state index in [1.165, 1.54) is 13.2 Å². The van der Waals surface area contributed by atoms with Gasteiger partial charge in [-0.2, -0.15) is 22.0 Å². The van der Waals surface area contributed by atoms with Gasteiger partial charge in [-0.15, -0.1) is 0 Å². The number of methoxy groups -OCH3 is 1. The normalized spacial score (nSPS) is 14.4. The van der Waals surface area contributed by atoms with E-state index in [4.69, 9.17) is 4.74 Å². The van der Waals surface area contributed by atoms with Gasteiger partial charge in [-0.25, -0.2) is 0 Å². The molecule has 102 valence electrons. The van der Waals surface area contributed by atoms with Crippen molar-refractivity contribution < 1.29 is 26.7 Å². The summed E-state index contributed by atoms with van der Waals surface area (Å²) >= 11 is 5.41. The summed E-state index contributed by atoms with van der Waals surface area (Å²) in [6.45, 7) is 0. The zero-order chi connectivity index (χ0) is 14.1. The van der Waals surface area contributed by atoms with Crippen LogP contribution in [0.2, 0.25) is 0 Å². The van der Waals surface area contributed by atoms with Crippen molar-refractivity contribution in [2.75, 3.05) is 7.11 Å². The highest BCUT2D eigenvalue weighted by Gasteiger charge is 2.62. The van der Waals surface area contributed by atoms with Crippen LogP contribution in [-0.4, -0.2) is 19.2 Å². The first-order chi connectivity index (χ1) is 8.11. The quantitative estimate of drug-likeness (QED) is 0.509. The van der Waals surface area contributed by atoms with Crippen LogP contribution in [0, 0.1) is 0 Å². The lowest BCUT2D eigenvalue weighted by Gasteiger charge is -2.25. The smallest absolute Gasteiger partial charge is 0.454 e. The molecule has 0 saturated heterocycles. The summed E-state index contributed by atoms with van der Waals surface area (Å²) < 4.78 is 68.0. The SMILES string of the molecule is COc1ccc(C(Br)C(F)(F)C(F)(F)F)cc1Br. The summed E-state index contributed by atoms with van der Waals surface area (Å²) in [7, 11) is 1.36. The summed E-state index contributed by atoms with van der Waals surface area (Å²) in [5, 5.41) is 0. The summed E-state index contributed by atoms with van der Waals surface area (Å²) in [5.41, 5.74) is -0.204.